The lowest BCUT2D eigenvalue weighted by atomic mass is 9.90. The minimum Gasteiger partial charge on any atom is -0.272 e. The van der Waals surface area contributed by atoms with E-state index < -0.39 is 0 Å². The molecular formula is C13H20N2. The number of nitrogens with zero attached hydrogens (tertiary/aromatic N) is 2. The first-order chi connectivity index (χ1) is 7.11. The number of aromatic nitrogens is 2. The Morgan fingerprint density at radius 3 is 2.53 bits per heavy atom. The Balaban J connectivity index is 3.05. The molecule has 1 aromatic heterocycles. The predicted molar refractivity (Wildman–Crippen MR) is 63.8 cm³/mol. The lowest BCUT2D eigenvalue weighted by Gasteiger charge is -2.13. The van der Waals surface area contributed by atoms with Crippen LogP contribution in [0.2, 0.25) is 0 Å². The third-order valence-corrected chi connectivity index (χ3v) is 2.97. The molecule has 0 aromatic carbocycles. The molecule has 0 saturated heterocycles. The Kier molecular flexibility index (Phi) is 3.96. The highest BCUT2D eigenvalue weighted by atomic mass is 15.3. The minimum absolute atomic E-state index is 0.480. The highest BCUT2D eigenvalue weighted by Gasteiger charge is 2.18. The number of hydrogen-bond donors (Lipinski definition) is 0. The number of terminal acetylenes is 1. The van der Waals surface area contributed by atoms with Crippen molar-refractivity contribution in [3.8, 4) is 12.3 Å². The van der Waals surface area contributed by atoms with Gasteiger partial charge in [-0.15, -0.1) is 12.3 Å². The maximum absolute atomic E-state index is 5.43. The smallest absolute Gasteiger partial charge is 0.0631 e. The molecule has 0 aliphatic heterocycles. The van der Waals surface area contributed by atoms with Gasteiger partial charge in [0.2, 0.25) is 0 Å². The molecule has 0 bridgehead atoms. The zero-order chi connectivity index (χ0) is 11.4. The van der Waals surface area contributed by atoms with Crippen molar-refractivity contribution in [1.29, 1.82) is 0 Å². The predicted octanol–water partition coefficient (Wildman–Crippen LogP) is 2.94. The zero-order valence-electron chi connectivity index (χ0n) is 10.2. The van der Waals surface area contributed by atoms with Crippen LogP contribution in [0.4, 0.5) is 0 Å². The van der Waals surface area contributed by atoms with Crippen molar-refractivity contribution < 1.29 is 0 Å². The summed E-state index contributed by atoms with van der Waals surface area (Å²) < 4.78 is 1.95. The van der Waals surface area contributed by atoms with E-state index in [4.69, 9.17) is 6.42 Å². The third-order valence-electron chi connectivity index (χ3n) is 2.97. The molecular weight excluding hydrogens is 184 g/mol. The van der Waals surface area contributed by atoms with Crippen LogP contribution in [0.3, 0.4) is 0 Å². The lowest BCUT2D eigenvalue weighted by Crippen LogP contribution is -2.01. The van der Waals surface area contributed by atoms with Gasteiger partial charge in [0.05, 0.1) is 5.69 Å². The SMILES string of the molecule is C#CCC(CCC)c1c(C)nn(C)c1C. The van der Waals surface area contributed by atoms with Crippen molar-refractivity contribution in [2.45, 2.75) is 46.0 Å². The van der Waals surface area contributed by atoms with E-state index in [1.807, 2.05) is 11.7 Å². The van der Waals surface area contributed by atoms with Gasteiger partial charge in [-0.25, -0.2) is 0 Å². The molecule has 15 heavy (non-hydrogen) atoms. The van der Waals surface area contributed by atoms with E-state index >= 15 is 0 Å². The molecule has 82 valence electrons. The van der Waals surface area contributed by atoms with Crippen LogP contribution < -0.4 is 0 Å². The summed E-state index contributed by atoms with van der Waals surface area (Å²) in [4.78, 5) is 0. The first-order valence-electron chi connectivity index (χ1n) is 5.55. The van der Waals surface area contributed by atoms with Crippen molar-refractivity contribution in [3.05, 3.63) is 17.0 Å². The van der Waals surface area contributed by atoms with Crippen LogP contribution in [0.15, 0.2) is 0 Å². The third kappa shape index (κ3) is 2.41. The van der Waals surface area contributed by atoms with Crippen LogP contribution >= 0.6 is 0 Å². The maximum Gasteiger partial charge on any atom is 0.0631 e. The first kappa shape index (κ1) is 11.8. The number of rotatable bonds is 4. The van der Waals surface area contributed by atoms with Gasteiger partial charge in [0.1, 0.15) is 0 Å². The second kappa shape index (κ2) is 5.02. The second-order valence-corrected chi connectivity index (χ2v) is 4.10. The van der Waals surface area contributed by atoms with Gasteiger partial charge in [0.15, 0.2) is 0 Å². The standard InChI is InChI=1S/C13H20N2/c1-6-8-12(9-7-2)13-10(3)14-15(5)11(13)4/h1,12H,7-9H2,2-5H3. The molecule has 1 atom stereocenters. The largest absolute Gasteiger partial charge is 0.272 e. The van der Waals surface area contributed by atoms with Gasteiger partial charge in [0.25, 0.3) is 0 Å². The van der Waals surface area contributed by atoms with Crippen LogP contribution in [-0.4, -0.2) is 9.78 Å². The molecule has 0 aliphatic carbocycles. The molecule has 0 radical (unpaired) electrons. The second-order valence-electron chi connectivity index (χ2n) is 4.10. The van der Waals surface area contributed by atoms with Gasteiger partial charge in [-0.1, -0.05) is 13.3 Å². The van der Waals surface area contributed by atoms with E-state index in [-0.39, 0.29) is 0 Å². The van der Waals surface area contributed by atoms with Gasteiger partial charge in [-0.05, 0) is 31.7 Å². The molecule has 2 heteroatoms. The zero-order valence-corrected chi connectivity index (χ0v) is 10.2. The Morgan fingerprint density at radius 2 is 2.13 bits per heavy atom. The van der Waals surface area contributed by atoms with Crippen molar-refractivity contribution >= 4 is 0 Å². The van der Waals surface area contributed by atoms with E-state index in [0.29, 0.717) is 5.92 Å². The first-order valence-corrected chi connectivity index (χ1v) is 5.55. The maximum atomic E-state index is 5.43. The molecule has 0 spiro atoms. The highest BCUT2D eigenvalue weighted by Crippen LogP contribution is 2.29. The Morgan fingerprint density at radius 1 is 1.47 bits per heavy atom. The van der Waals surface area contributed by atoms with E-state index in [0.717, 1.165) is 18.5 Å². The summed E-state index contributed by atoms with van der Waals surface area (Å²) in [5, 5.41) is 4.44. The van der Waals surface area contributed by atoms with Gasteiger partial charge >= 0.3 is 0 Å². The van der Waals surface area contributed by atoms with Crippen LogP contribution in [-0.2, 0) is 7.05 Å². The summed E-state index contributed by atoms with van der Waals surface area (Å²) in [5.74, 6) is 3.26. The fourth-order valence-electron chi connectivity index (χ4n) is 2.22. The summed E-state index contributed by atoms with van der Waals surface area (Å²) in [6.45, 7) is 6.39. The Hall–Kier alpha value is -1.23. The Labute approximate surface area is 92.7 Å². The van der Waals surface area contributed by atoms with Gasteiger partial charge < -0.3 is 0 Å². The average Bonchev–Trinajstić information content (AvgIpc) is 2.41. The van der Waals surface area contributed by atoms with E-state index in [9.17, 15) is 0 Å². The molecule has 0 amide bonds. The molecule has 0 aliphatic rings. The van der Waals surface area contributed by atoms with Crippen molar-refractivity contribution in [1.82, 2.24) is 9.78 Å². The molecule has 1 aromatic rings. The highest BCUT2D eigenvalue weighted by molar-refractivity contribution is 5.29. The minimum atomic E-state index is 0.480. The van der Waals surface area contributed by atoms with Gasteiger partial charge in [-0.3, -0.25) is 4.68 Å². The molecule has 0 saturated carbocycles. The number of hydrogen-bond acceptors (Lipinski definition) is 1. The molecule has 1 unspecified atom stereocenters. The fraction of sp³-hybridized carbons (Fsp3) is 0.615. The van der Waals surface area contributed by atoms with Gasteiger partial charge in [-0.2, -0.15) is 5.10 Å². The Bertz CT molecular complexity index is 369. The van der Waals surface area contributed by atoms with Crippen LogP contribution in [0.5, 0.6) is 0 Å². The van der Waals surface area contributed by atoms with Crippen LogP contribution in [0.1, 0.15) is 49.1 Å². The van der Waals surface area contributed by atoms with E-state index in [2.05, 4.69) is 31.8 Å². The van der Waals surface area contributed by atoms with Crippen molar-refractivity contribution in [2.24, 2.45) is 7.05 Å². The molecule has 1 heterocycles. The monoisotopic (exact) mass is 204 g/mol. The normalized spacial score (nSPS) is 12.5. The summed E-state index contributed by atoms with van der Waals surface area (Å²) in [7, 11) is 1.99. The molecule has 0 fully saturated rings. The topological polar surface area (TPSA) is 17.8 Å². The molecule has 1 rings (SSSR count). The molecule has 2 nitrogen and oxygen atoms in total. The number of aryl methyl sites for hydroxylation is 2. The van der Waals surface area contributed by atoms with Gasteiger partial charge in [0, 0.05) is 19.2 Å². The van der Waals surface area contributed by atoms with Crippen molar-refractivity contribution in [2.75, 3.05) is 0 Å². The van der Waals surface area contributed by atoms with Crippen LogP contribution in [0, 0.1) is 26.2 Å². The molecule has 0 N–H and O–H groups in total. The average molecular weight is 204 g/mol. The summed E-state index contributed by atoms with van der Waals surface area (Å²) in [6.07, 6.45) is 8.56. The van der Waals surface area contributed by atoms with Crippen LogP contribution in [0.25, 0.3) is 0 Å². The fourth-order valence-corrected chi connectivity index (χ4v) is 2.22. The lowest BCUT2D eigenvalue weighted by molar-refractivity contribution is 0.620. The van der Waals surface area contributed by atoms with E-state index in [1.54, 1.807) is 0 Å². The quantitative estimate of drug-likeness (QED) is 0.689. The van der Waals surface area contributed by atoms with E-state index in [1.165, 1.54) is 17.7 Å². The summed E-state index contributed by atoms with van der Waals surface area (Å²) in [6, 6.07) is 0. The summed E-state index contributed by atoms with van der Waals surface area (Å²) in [5.41, 5.74) is 3.74. The summed E-state index contributed by atoms with van der Waals surface area (Å²) >= 11 is 0. The van der Waals surface area contributed by atoms with Crippen molar-refractivity contribution in [3.63, 3.8) is 0 Å².